The number of carbonyl (C=O) groups excluding carboxylic acids is 1. The molecule has 0 unspecified atom stereocenters. The Morgan fingerprint density at radius 3 is 2.64 bits per heavy atom. The van der Waals surface area contributed by atoms with Crippen LogP contribution in [0.5, 0.6) is 0 Å². The summed E-state index contributed by atoms with van der Waals surface area (Å²) in [6.07, 6.45) is 0. The van der Waals surface area contributed by atoms with Crippen molar-refractivity contribution in [1.82, 2.24) is 5.06 Å². The van der Waals surface area contributed by atoms with Gasteiger partial charge in [-0.05, 0) is 12.1 Å². The van der Waals surface area contributed by atoms with Gasteiger partial charge in [-0.3, -0.25) is 9.63 Å². The Kier molecular flexibility index (Phi) is 3.29. The number of amides is 1. The molecule has 0 aliphatic rings. The van der Waals surface area contributed by atoms with E-state index in [2.05, 4.69) is 4.84 Å². The molecule has 1 aromatic rings. The van der Waals surface area contributed by atoms with Crippen LogP contribution in [0.25, 0.3) is 0 Å². The minimum atomic E-state index is -1.72. The van der Waals surface area contributed by atoms with E-state index in [-0.39, 0.29) is 11.4 Å². The van der Waals surface area contributed by atoms with Crippen molar-refractivity contribution in [3.8, 4) is 0 Å². The van der Waals surface area contributed by atoms with Crippen LogP contribution in [0, 0.1) is 0 Å². The average Bonchev–Trinajstić information content (AvgIpc) is 2.64. The molecular weight excluding hydrogens is 189 g/mol. The van der Waals surface area contributed by atoms with Crippen LogP contribution < -0.4 is 5.66 Å². The van der Waals surface area contributed by atoms with E-state index in [1.807, 2.05) is 0 Å². The molecule has 0 spiro atoms. The summed E-state index contributed by atoms with van der Waals surface area (Å²) in [5.74, 6) is -0.517. The third-order valence-corrected chi connectivity index (χ3v) is 1.65. The van der Waals surface area contributed by atoms with Crippen molar-refractivity contribution in [1.29, 1.82) is 0 Å². The van der Waals surface area contributed by atoms with Gasteiger partial charge in [0.2, 0.25) is 0 Å². The molecule has 0 aliphatic carbocycles. The number of hydrogen-bond acceptors (Lipinski definition) is 5. The van der Waals surface area contributed by atoms with Crippen LogP contribution in [0.15, 0.2) is 16.5 Å². The Balaban J connectivity index is 2.81. The maximum absolute atomic E-state index is 11.4. The lowest BCUT2D eigenvalue weighted by atomic mass is 9.88. The zero-order valence-corrected chi connectivity index (χ0v) is 7.80. The highest BCUT2D eigenvalue weighted by Gasteiger charge is 2.21. The Morgan fingerprint density at radius 1 is 1.57 bits per heavy atom. The van der Waals surface area contributed by atoms with Gasteiger partial charge in [0.1, 0.15) is 5.66 Å². The van der Waals surface area contributed by atoms with Crippen LogP contribution in [-0.2, 0) is 4.84 Å². The average molecular weight is 199 g/mol. The van der Waals surface area contributed by atoms with Gasteiger partial charge in [0, 0.05) is 7.05 Å². The lowest BCUT2D eigenvalue weighted by Crippen LogP contribution is -2.29. The summed E-state index contributed by atoms with van der Waals surface area (Å²) in [4.78, 5) is 16.0. The fraction of sp³-hybridized carbons (Fsp3) is 0.286. The summed E-state index contributed by atoms with van der Waals surface area (Å²) in [6, 6.07) is 2.65. The second kappa shape index (κ2) is 4.27. The minimum Gasteiger partial charge on any atom is -0.459 e. The fourth-order valence-electron chi connectivity index (χ4n) is 0.845. The quantitative estimate of drug-likeness (QED) is 0.461. The predicted octanol–water partition coefficient (Wildman–Crippen LogP) is -1.41. The number of carbonyl (C=O) groups is 1. The molecule has 0 aliphatic heterocycles. The van der Waals surface area contributed by atoms with Crippen LogP contribution >= 0.6 is 0 Å². The molecule has 1 heterocycles. The van der Waals surface area contributed by atoms with E-state index in [1.165, 1.54) is 26.3 Å². The molecule has 0 saturated heterocycles. The van der Waals surface area contributed by atoms with Gasteiger partial charge in [0.25, 0.3) is 0 Å². The first kappa shape index (κ1) is 10.8. The molecule has 14 heavy (non-hydrogen) atoms. The van der Waals surface area contributed by atoms with Crippen molar-refractivity contribution in [2.24, 2.45) is 0 Å². The first-order valence-corrected chi connectivity index (χ1v) is 3.84. The highest BCUT2D eigenvalue weighted by molar-refractivity contribution is 6.57. The standard InChI is InChI=1S/C7H10BNO5/c1-9(13-2)7(10)5-3-4-6(14-5)8(11)12/h3-4,11-12H,1-2H3. The lowest BCUT2D eigenvalue weighted by molar-refractivity contribution is -0.0772. The maximum Gasteiger partial charge on any atom is 0.526 e. The first-order chi connectivity index (χ1) is 6.56. The zero-order valence-electron chi connectivity index (χ0n) is 7.80. The van der Waals surface area contributed by atoms with Crippen LogP contribution in [0.1, 0.15) is 10.6 Å². The van der Waals surface area contributed by atoms with E-state index in [4.69, 9.17) is 14.5 Å². The van der Waals surface area contributed by atoms with Gasteiger partial charge in [-0.25, -0.2) is 5.06 Å². The molecule has 1 amide bonds. The van der Waals surface area contributed by atoms with Crippen molar-refractivity contribution < 1.29 is 24.1 Å². The molecule has 1 aromatic heterocycles. The summed E-state index contributed by atoms with van der Waals surface area (Å²) < 4.78 is 4.86. The monoisotopic (exact) mass is 199 g/mol. The predicted molar refractivity (Wildman–Crippen MR) is 47.6 cm³/mol. The normalized spacial score (nSPS) is 10.0. The summed E-state index contributed by atoms with van der Waals surface area (Å²) in [7, 11) is 1.03. The molecule has 0 bridgehead atoms. The molecule has 76 valence electrons. The third-order valence-electron chi connectivity index (χ3n) is 1.65. The minimum absolute atomic E-state index is 0.0162. The first-order valence-electron chi connectivity index (χ1n) is 3.84. The van der Waals surface area contributed by atoms with Gasteiger partial charge in [-0.1, -0.05) is 0 Å². The van der Waals surface area contributed by atoms with E-state index in [1.54, 1.807) is 0 Å². The second-order valence-corrected chi connectivity index (χ2v) is 2.56. The topological polar surface area (TPSA) is 83.1 Å². The zero-order chi connectivity index (χ0) is 10.7. The summed E-state index contributed by atoms with van der Waals surface area (Å²) >= 11 is 0. The van der Waals surface area contributed by atoms with E-state index in [0.717, 1.165) is 5.06 Å². The van der Waals surface area contributed by atoms with Gasteiger partial charge in [-0.15, -0.1) is 0 Å². The molecule has 0 radical (unpaired) electrons. The van der Waals surface area contributed by atoms with Crippen molar-refractivity contribution >= 4 is 18.7 Å². The molecule has 0 saturated carbocycles. The number of hydroxylamine groups is 2. The Labute approximate surface area is 80.8 Å². The molecule has 0 fully saturated rings. The fourth-order valence-corrected chi connectivity index (χ4v) is 0.845. The number of furan rings is 1. The van der Waals surface area contributed by atoms with Crippen LogP contribution in [-0.4, -0.2) is 42.3 Å². The van der Waals surface area contributed by atoms with Gasteiger partial charge in [0.05, 0.1) is 7.11 Å². The SMILES string of the molecule is CON(C)C(=O)c1ccc(B(O)O)o1. The van der Waals surface area contributed by atoms with E-state index >= 15 is 0 Å². The lowest BCUT2D eigenvalue weighted by Gasteiger charge is -2.10. The van der Waals surface area contributed by atoms with Gasteiger partial charge in [0.15, 0.2) is 5.76 Å². The summed E-state index contributed by atoms with van der Waals surface area (Å²) in [5.41, 5.74) is -0.0853. The number of hydrogen-bond donors (Lipinski definition) is 2. The Hall–Kier alpha value is -1.31. The maximum atomic E-state index is 11.4. The van der Waals surface area contributed by atoms with Gasteiger partial charge in [-0.2, -0.15) is 0 Å². The highest BCUT2D eigenvalue weighted by atomic mass is 16.7. The van der Waals surface area contributed by atoms with Gasteiger partial charge < -0.3 is 14.5 Å². The van der Waals surface area contributed by atoms with E-state index in [9.17, 15) is 4.79 Å². The van der Waals surface area contributed by atoms with E-state index in [0.29, 0.717) is 0 Å². The molecule has 6 nitrogen and oxygen atoms in total. The van der Waals surface area contributed by atoms with Crippen LogP contribution in [0.2, 0.25) is 0 Å². The van der Waals surface area contributed by atoms with Crippen LogP contribution in [0.4, 0.5) is 0 Å². The molecule has 0 atom stereocenters. The van der Waals surface area contributed by atoms with Crippen LogP contribution in [0.3, 0.4) is 0 Å². The molecule has 1 rings (SSSR count). The smallest absolute Gasteiger partial charge is 0.459 e. The summed E-state index contributed by atoms with van der Waals surface area (Å²) in [5, 5.41) is 18.4. The van der Waals surface area contributed by atoms with Crippen molar-refractivity contribution in [2.75, 3.05) is 14.2 Å². The molecule has 0 aromatic carbocycles. The van der Waals surface area contributed by atoms with Crippen molar-refractivity contribution in [3.05, 3.63) is 17.9 Å². The molecule has 2 N–H and O–H groups in total. The molecular formula is C7H10BNO5. The van der Waals surface area contributed by atoms with Crippen molar-refractivity contribution in [2.45, 2.75) is 0 Å². The highest BCUT2D eigenvalue weighted by Crippen LogP contribution is 2.02. The van der Waals surface area contributed by atoms with Gasteiger partial charge >= 0.3 is 13.0 Å². The second-order valence-electron chi connectivity index (χ2n) is 2.56. The molecule has 7 heteroatoms. The third kappa shape index (κ3) is 2.14. The summed E-state index contributed by atoms with van der Waals surface area (Å²) in [6.45, 7) is 0. The van der Waals surface area contributed by atoms with Crippen molar-refractivity contribution in [3.63, 3.8) is 0 Å². The Bertz CT molecular complexity index is 324. The largest absolute Gasteiger partial charge is 0.526 e. The number of nitrogens with zero attached hydrogens (tertiary/aromatic N) is 1. The number of rotatable bonds is 3. The Morgan fingerprint density at radius 2 is 2.21 bits per heavy atom. The van der Waals surface area contributed by atoms with E-state index < -0.39 is 13.0 Å².